The Balaban J connectivity index is 1.99. The molecule has 2 atom stereocenters. The first-order valence-electron chi connectivity index (χ1n) is 7.11. The Kier molecular flexibility index (Phi) is 5.03. The molecule has 0 saturated heterocycles. The van der Waals surface area contributed by atoms with E-state index >= 15 is 0 Å². The fraction of sp³-hybridized carbons (Fsp3) is 0.375. The molecular formula is C16H20N2O3S. The number of carbonyl (C=O) groups is 2. The molecule has 0 saturated carbocycles. The Morgan fingerprint density at radius 3 is 2.64 bits per heavy atom. The van der Waals surface area contributed by atoms with Gasteiger partial charge in [0.15, 0.2) is 0 Å². The van der Waals surface area contributed by atoms with Crippen molar-refractivity contribution in [2.45, 2.75) is 19.9 Å². The monoisotopic (exact) mass is 320 g/mol. The molecule has 0 aliphatic heterocycles. The van der Waals surface area contributed by atoms with Crippen LogP contribution in [0.5, 0.6) is 0 Å². The quantitative estimate of drug-likeness (QED) is 0.888. The normalized spacial score (nSPS) is 13.6. The van der Waals surface area contributed by atoms with E-state index in [0.717, 1.165) is 10.3 Å². The Hall–Kier alpha value is -2.08. The second kappa shape index (κ2) is 6.79. The van der Waals surface area contributed by atoms with Crippen molar-refractivity contribution in [3.05, 3.63) is 35.2 Å². The fourth-order valence-electron chi connectivity index (χ4n) is 2.15. The first-order valence-corrected chi connectivity index (χ1v) is 7.93. The highest BCUT2D eigenvalue weighted by molar-refractivity contribution is 7.19. The number of benzene rings is 1. The maximum absolute atomic E-state index is 12.1. The molecule has 0 fully saturated rings. The minimum absolute atomic E-state index is 0.118. The summed E-state index contributed by atoms with van der Waals surface area (Å²) in [4.78, 5) is 25.5. The number of urea groups is 1. The predicted octanol–water partition coefficient (Wildman–Crippen LogP) is 3.32. The van der Waals surface area contributed by atoms with Crippen molar-refractivity contribution in [3.63, 3.8) is 0 Å². The van der Waals surface area contributed by atoms with Gasteiger partial charge in [0, 0.05) is 23.2 Å². The average molecular weight is 320 g/mol. The first kappa shape index (κ1) is 16.3. The molecule has 118 valence electrons. The van der Waals surface area contributed by atoms with Crippen LogP contribution in [0.4, 0.5) is 4.79 Å². The van der Waals surface area contributed by atoms with Gasteiger partial charge < -0.3 is 15.3 Å². The summed E-state index contributed by atoms with van der Waals surface area (Å²) in [6.07, 6.45) is 0. The van der Waals surface area contributed by atoms with Crippen LogP contribution < -0.4 is 5.32 Å². The second-order valence-corrected chi connectivity index (χ2v) is 6.59. The number of rotatable bonds is 5. The van der Waals surface area contributed by atoms with Crippen molar-refractivity contribution < 1.29 is 14.7 Å². The van der Waals surface area contributed by atoms with Crippen molar-refractivity contribution in [1.82, 2.24) is 10.2 Å². The number of hydrogen-bond acceptors (Lipinski definition) is 3. The van der Waals surface area contributed by atoms with Gasteiger partial charge in [0.1, 0.15) is 0 Å². The van der Waals surface area contributed by atoms with Gasteiger partial charge in [0.25, 0.3) is 0 Å². The lowest BCUT2D eigenvalue weighted by atomic mass is 10.2. The molecule has 1 heterocycles. The Morgan fingerprint density at radius 2 is 2.00 bits per heavy atom. The summed E-state index contributed by atoms with van der Waals surface area (Å²) in [7, 11) is 1.60. The van der Waals surface area contributed by atoms with Gasteiger partial charge in [-0.3, -0.25) is 4.79 Å². The van der Waals surface area contributed by atoms with Crippen LogP contribution in [0.2, 0.25) is 0 Å². The van der Waals surface area contributed by atoms with Crippen LogP contribution >= 0.6 is 11.3 Å². The number of nitrogens with zero attached hydrogens (tertiary/aromatic N) is 1. The zero-order valence-corrected chi connectivity index (χ0v) is 13.7. The molecule has 0 radical (unpaired) electrons. The standard InChI is InChI=1S/C16H20N2O3S/c1-10(15(19)20)9-18(3)16(21)17-11(2)14-8-12-6-4-5-7-13(12)22-14/h4-8,10-11H,9H2,1-3H3,(H,17,21)(H,19,20). The van der Waals surface area contributed by atoms with Gasteiger partial charge in [-0.25, -0.2) is 4.79 Å². The topological polar surface area (TPSA) is 69.6 Å². The van der Waals surface area contributed by atoms with Gasteiger partial charge in [0.05, 0.1) is 12.0 Å². The van der Waals surface area contributed by atoms with E-state index in [1.807, 2.05) is 25.1 Å². The van der Waals surface area contributed by atoms with E-state index in [-0.39, 0.29) is 18.6 Å². The summed E-state index contributed by atoms with van der Waals surface area (Å²) in [6, 6.07) is 9.77. The summed E-state index contributed by atoms with van der Waals surface area (Å²) in [5.41, 5.74) is 0. The molecule has 22 heavy (non-hydrogen) atoms. The van der Waals surface area contributed by atoms with Crippen LogP contribution in [0.15, 0.2) is 30.3 Å². The number of fused-ring (bicyclic) bond motifs is 1. The number of thiophene rings is 1. The van der Waals surface area contributed by atoms with Gasteiger partial charge in [-0.1, -0.05) is 25.1 Å². The van der Waals surface area contributed by atoms with Crippen molar-refractivity contribution in [2.75, 3.05) is 13.6 Å². The van der Waals surface area contributed by atoms with Gasteiger partial charge >= 0.3 is 12.0 Å². The number of carboxylic acid groups (broad SMARTS) is 1. The molecule has 2 rings (SSSR count). The second-order valence-electron chi connectivity index (χ2n) is 5.48. The lowest BCUT2D eigenvalue weighted by Gasteiger charge is -2.22. The highest BCUT2D eigenvalue weighted by atomic mass is 32.1. The zero-order valence-electron chi connectivity index (χ0n) is 12.9. The van der Waals surface area contributed by atoms with Crippen molar-refractivity contribution in [2.24, 2.45) is 5.92 Å². The van der Waals surface area contributed by atoms with Crippen LogP contribution in [-0.4, -0.2) is 35.6 Å². The summed E-state index contributed by atoms with van der Waals surface area (Å²) in [5, 5.41) is 13.0. The minimum Gasteiger partial charge on any atom is -0.481 e. The van der Waals surface area contributed by atoms with E-state index in [2.05, 4.69) is 17.4 Å². The van der Waals surface area contributed by atoms with Gasteiger partial charge in [0.2, 0.25) is 0 Å². The number of carbonyl (C=O) groups excluding carboxylic acids is 1. The van der Waals surface area contributed by atoms with Crippen LogP contribution in [0.1, 0.15) is 24.8 Å². The van der Waals surface area contributed by atoms with Gasteiger partial charge in [-0.05, 0) is 24.4 Å². The fourth-order valence-corrected chi connectivity index (χ4v) is 3.22. The summed E-state index contributed by atoms with van der Waals surface area (Å²) < 4.78 is 1.19. The molecule has 0 bridgehead atoms. The van der Waals surface area contributed by atoms with Crippen LogP contribution in [0.3, 0.4) is 0 Å². The molecule has 2 unspecified atom stereocenters. The van der Waals surface area contributed by atoms with E-state index in [1.54, 1.807) is 25.3 Å². The van der Waals surface area contributed by atoms with E-state index in [4.69, 9.17) is 5.11 Å². The summed E-state index contributed by atoms with van der Waals surface area (Å²) in [5.74, 6) is -1.49. The lowest BCUT2D eigenvalue weighted by Crippen LogP contribution is -2.41. The number of amides is 2. The zero-order chi connectivity index (χ0) is 16.3. The van der Waals surface area contributed by atoms with Crippen molar-refractivity contribution in [3.8, 4) is 0 Å². The first-order chi connectivity index (χ1) is 10.4. The molecule has 2 N–H and O–H groups in total. The third kappa shape index (κ3) is 3.76. The summed E-state index contributed by atoms with van der Waals surface area (Å²) in [6.45, 7) is 3.69. The maximum Gasteiger partial charge on any atom is 0.317 e. The average Bonchev–Trinajstić information content (AvgIpc) is 2.90. The largest absolute Gasteiger partial charge is 0.481 e. The molecule has 0 aliphatic rings. The number of nitrogens with one attached hydrogen (secondary N) is 1. The molecule has 5 nitrogen and oxygen atoms in total. The molecule has 2 aromatic rings. The molecule has 0 aliphatic carbocycles. The third-order valence-corrected chi connectivity index (χ3v) is 4.83. The van der Waals surface area contributed by atoms with Crippen molar-refractivity contribution in [1.29, 1.82) is 0 Å². The molecule has 1 aromatic carbocycles. The molecule has 0 spiro atoms. The van der Waals surface area contributed by atoms with Crippen molar-refractivity contribution >= 4 is 33.4 Å². The smallest absolute Gasteiger partial charge is 0.317 e. The molecular weight excluding hydrogens is 300 g/mol. The van der Waals surface area contributed by atoms with E-state index in [9.17, 15) is 9.59 Å². The van der Waals surface area contributed by atoms with Gasteiger partial charge in [-0.15, -0.1) is 11.3 Å². The Morgan fingerprint density at radius 1 is 1.32 bits per heavy atom. The number of carboxylic acids is 1. The Labute approximate surface area is 133 Å². The highest BCUT2D eigenvalue weighted by Gasteiger charge is 2.19. The predicted molar refractivity (Wildman–Crippen MR) is 88.2 cm³/mol. The molecule has 6 heteroatoms. The van der Waals surface area contributed by atoms with Crippen LogP contribution in [-0.2, 0) is 4.79 Å². The minimum atomic E-state index is -0.905. The SMILES string of the molecule is CC(CN(C)C(=O)NC(C)c1cc2ccccc2s1)C(=O)O. The molecule has 2 amide bonds. The van der Waals surface area contributed by atoms with E-state index in [1.165, 1.54) is 9.60 Å². The number of hydrogen-bond donors (Lipinski definition) is 2. The third-order valence-electron chi connectivity index (χ3n) is 3.53. The highest BCUT2D eigenvalue weighted by Crippen LogP contribution is 2.29. The van der Waals surface area contributed by atoms with Crippen LogP contribution in [0.25, 0.3) is 10.1 Å². The molecule has 1 aromatic heterocycles. The Bertz CT molecular complexity index is 650. The summed E-state index contributed by atoms with van der Waals surface area (Å²) >= 11 is 1.65. The maximum atomic E-state index is 12.1. The lowest BCUT2D eigenvalue weighted by molar-refractivity contribution is -0.141. The van der Waals surface area contributed by atoms with E-state index < -0.39 is 11.9 Å². The number of aliphatic carboxylic acids is 1. The van der Waals surface area contributed by atoms with Crippen LogP contribution in [0, 0.1) is 5.92 Å². The van der Waals surface area contributed by atoms with E-state index in [0.29, 0.717) is 0 Å². The van der Waals surface area contributed by atoms with Gasteiger partial charge in [-0.2, -0.15) is 0 Å².